The van der Waals surface area contributed by atoms with Gasteiger partial charge in [-0.1, -0.05) is 12.1 Å². The number of benzene rings is 2. The van der Waals surface area contributed by atoms with Gasteiger partial charge in [-0.2, -0.15) is 0 Å². The van der Waals surface area contributed by atoms with Crippen molar-refractivity contribution in [2.24, 2.45) is 0 Å². The van der Waals surface area contributed by atoms with Gasteiger partial charge in [-0.25, -0.2) is 19.4 Å². The molecule has 0 radical (unpaired) electrons. The van der Waals surface area contributed by atoms with Gasteiger partial charge in [0.1, 0.15) is 5.82 Å². The van der Waals surface area contributed by atoms with Crippen molar-refractivity contribution in [2.45, 2.75) is 0 Å². The van der Waals surface area contributed by atoms with Gasteiger partial charge in [0.15, 0.2) is 0 Å². The number of ether oxygens (including phenoxy) is 1. The van der Waals surface area contributed by atoms with Crippen LogP contribution in [0.1, 0.15) is 31.1 Å². The molecular weight excluding hydrogens is 428 g/mol. The first kappa shape index (κ1) is 22.0. The average Bonchev–Trinajstić information content (AvgIpc) is 2.84. The van der Waals surface area contributed by atoms with Gasteiger partial charge in [0, 0.05) is 24.8 Å². The fraction of sp³-hybridized carbons (Fsp3) is 0.167. The molecular formula is C24H20N2O7. The molecule has 9 heteroatoms. The molecule has 2 heterocycles. The Morgan fingerprint density at radius 2 is 1.30 bits per heavy atom. The molecule has 0 atom stereocenters. The van der Waals surface area contributed by atoms with Gasteiger partial charge in [-0.3, -0.25) is 0 Å². The van der Waals surface area contributed by atoms with Crippen LogP contribution < -0.4 is 4.90 Å². The zero-order valence-corrected chi connectivity index (χ0v) is 17.4. The number of pyridine rings is 1. The van der Waals surface area contributed by atoms with E-state index in [1.54, 1.807) is 12.1 Å². The van der Waals surface area contributed by atoms with E-state index in [4.69, 9.17) is 9.84 Å². The van der Waals surface area contributed by atoms with Gasteiger partial charge >= 0.3 is 17.9 Å². The Morgan fingerprint density at radius 1 is 0.758 bits per heavy atom. The Labute approximate surface area is 188 Å². The second kappa shape index (κ2) is 9.09. The van der Waals surface area contributed by atoms with Crippen LogP contribution in [0.4, 0.5) is 5.82 Å². The zero-order chi connectivity index (χ0) is 23.5. The fourth-order valence-electron chi connectivity index (χ4n) is 3.75. The maximum Gasteiger partial charge on any atom is 0.336 e. The number of carboxylic acid groups (broad SMARTS) is 3. The van der Waals surface area contributed by atoms with Crippen molar-refractivity contribution in [2.75, 3.05) is 31.2 Å². The van der Waals surface area contributed by atoms with Crippen molar-refractivity contribution >= 4 is 23.7 Å². The fourth-order valence-corrected chi connectivity index (χ4v) is 3.75. The lowest BCUT2D eigenvalue weighted by Crippen LogP contribution is -2.36. The number of aromatic nitrogens is 1. The summed E-state index contributed by atoms with van der Waals surface area (Å²) in [6, 6.07) is 11.7. The average molecular weight is 448 g/mol. The van der Waals surface area contributed by atoms with E-state index in [1.807, 2.05) is 0 Å². The highest BCUT2D eigenvalue weighted by atomic mass is 16.5. The molecule has 0 amide bonds. The predicted octanol–water partition coefficient (Wildman–Crippen LogP) is 3.35. The summed E-state index contributed by atoms with van der Waals surface area (Å²) in [7, 11) is 0. The normalized spacial score (nSPS) is 13.5. The lowest BCUT2D eigenvalue weighted by atomic mass is 9.91. The van der Waals surface area contributed by atoms with Crippen molar-refractivity contribution in [1.29, 1.82) is 0 Å². The van der Waals surface area contributed by atoms with E-state index >= 15 is 0 Å². The van der Waals surface area contributed by atoms with Gasteiger partial charge in [-0.05, 0) is 53.1 Å². The third-order valence-corrected chi connectivity index (χ3v) is 5.46. The summed E-state index contributed by atoms with van der Waals surface area (Å²) in [4.78, 5) is 41.7. The van der Waals surface area contributed by atoms with E-state index < -0.39 is 17.9 Å². The summed E-state index contributed by atoms with van der Waals surface area (Å²) < 4.78 is 5.34. The molecule has 3 aromatic rings. The minimum Gasteiger partial charge on any atom is -0.478 e. The first-order valence-electron chi connectivity index (χ1n) is 10.1. The van der Waals surface area contributed by atoms with E-state index in [-0.39, 0.29) is 27.8 Å². The summed E-state index contributed by atoms with van der Waals surface area (Å²) in [5.41, 5.74) is 1.13. The largest absolute Gasteiger partial charge is 0.478 e. The summed E-state index contributed by atoms with van der Waals surface area (Å²) >= 11 is 0. The molecule has 1 aromatic heterocycles. The minimum atomic E-state index is -1.23. The second-order valence-corrected chi connectivity index (χ2v) is 7.44. The number of rotatable bonds is 6. The first-order chi connectivity index (χ1) is 15.8. The van der Waals surface area contributed by atoms with Crippen LogP contribution >= 0.6 is 0 Å². The predicted molar refractivity (Wildman–Crippen MR) is 119 cm³/mol. The Kier molecular flexibility index (Phi) is 6.05. The summed E-state index contributed by atoms with van der Waals surface area (Å²) in [6.45, 7) is 2.60. The van der Waals surface area contributed by atoms with Gasteiger partial charge in [-0.15, -0.1) is 0 Å². The minimum absolute atomic E-state index is 0.0390. The Hall–Kier alpha value is -4.24. The summed E-state index contributed by atoms with van der Waals surface area (Å²) in [5.74, 6) is -2.84. The van der Waals surface area contributed by atoms with Crippen LogP contribution in [-0.2, 0) is 4.74 Å². The van der Waals surface area contributed by atoms with Crippen LogP contribution in [0.2, 0.25) is 0 Å². The molecule has 168 valence electrons. The van der Waals surface area contributed by atoms with E-state index in [9.17, 15) is 24.6 Å². The highest BCUT2D eigenvalue weighted by Crippen LogP contribution is 2.33. The maximum atomic E-state index is 12.0. The number of carbonyl (C=O) groups is 3. The molecule has 2 aromatic carbocycles. The molecule has 0 unspecified atom stereocenters. The zero-order valence-electron chi connectivity index (χ0n) is 17.4. The molecule has 1 saturated heterocycles. The standard InChI is InChI=1S/C24H20N2O7/c27-22(28)15-3-1-14(2-4-15)17-11-20(24(31)32)18(12-19(17)23(29)30)16-5-6-21(25-13-16)26-7-9-33-10-8-26/h1-6,11-13H,7-10H2,(H,27,28)(H,29,30)(H,31,32). The topological polar surface area (TPSA) is 137 Å². The number of aromatic carboxylic acids is 3. The third kappa shape index (κ3) is 4.53. The quantitative estimate of drug-likeness (QED) is 0.518. The summed E-state index contributed by atoms with van der Waals surface area (Å²) in [6.07, 6.45) is 1.53. The molecule has 4 rings (SSSR count). The molecule has 3 N–H and O–H groups in total. The van der Waals surface area contributed by atoms with Crippen molar-refractivity contribution < 1.29 is 34.4 Å². The van der Waals surface area contributed by atoms with E-state index in [0.29, 0.717) is 37.4 Å². The van der Waals surface area contributed by atoms with Gasteiger partial charge in [0.25, 0.3) is 0 Å². The van der Waals surface area contributed by atoms with Crippen LogP contribution in [0, 0.1) is 0 Å². The lowest BCUT2D eigenvalue weighted by molar-refractivity contribution is 0.0682. The number of carboxylic acids is 3. The van der Waals surface area contributed by atoms with Crippen LogP contribution in [0.15, 0.2) is 54.7 Å². The van der Waals surface area contributed by atoms with Crippen LogP contribution in [0.25, 0.3) is 22.3 Å². The van der Waals surface area contributed by atoms with Crippen molar-refractivity contribution in [3.63, 3.8) is 0 Å². The third-order valence-electron chi connectivity index (χ3n) is 5.46. The van der Waals surface area contributed by atoms with Gasteiger partial charge in [0.05, 0.1) is 29.9 Å². The van der Waals surface area contributed by atoms with Gasteiger partial charge < -0.3 is 25.0 Å². The summed E-state index contributed by atoms with van der Waals surface area (Å²) in [5, 5.41) is 28.7. The van der Waals surface area contributed by atoms with Crippen LogP contribution in [0.3, 0.4) is 0 Å². The highest BCUT2D eigenvalue weighted by Gasteiger charge is 2.21. The Bertz CT molecular complexity index is 1210. The Balaban J connectivity index is 1.79. The molecule has 0 bridgehead atoms. The first-order valence-corrected chi connectivity index (χ1v) is 10.1. The van der Waals surface area contributed by atoms with Gasteiger partial charge in [0.2, 0.25) is 0 Å². The molecule has 9 nitrogen and oxygen atoms in total. The molecule has 1 aliphatic heterocycles. The van der Waals surface area contributed by atoms with Crippen molar-refractivity contribution in [3.05, 3.63) is 71.4 Å². The molecule has 1 aliphatic rings. The van der Waals surface area contributed by atoms with E-state index in [1.165, 1.54) is 42.6 Å². The monoisotopic (exact) mass is 448 g/mol. The number of morpholine rings is 1. The molecule has 0 saturated carbocycles. The SMILES string of the molecule is O=C(O)c1ccc(-c2cc(C(=O)O)c(-c3ccc(N4CCOCC4)nc3)cc2C(=O)O)cc1. The number of nitrogens with zero attached hydrogens (tertiary/aromatic N) is 2. The lowest BCUT2D eigenvalue weighted by Gasteiger charge is -2.27. The van der Waals surface area contributed by atoms with Crippen molar-refractivity contribution in [1.82, 2.24) is 4.98 Å². The number of hydrogen-bond acceptors (Lipinski definition) is 6. The van der Waals surface area contributed by atoms with Crippen LogP contribution in [0.5, 0.6) is 0 Å². The van der Waals surface area contributed by atoms with Crippen molar-refractivity contribution in [3.8, 4) is 22.3 Å². The molecule has 0 aliphatic carbocycles. The number of anilines is 1. The molecule has 33 heavy (non-hydrogen) atoms. The smallest absolute Gasteiger partial charge is 0.336 e. The second-order valence-electron chi connectivity index (χ2n) is 7.44. The maximum absolute atomic E-state index is 12.0. The van der Waals surface area contributed by atoms with E-state index in [2.05, 4.69) is 9.88 Å². The van der Waals surface area contributed by atoms with E-state index in [0.717, 1.165) is 5.82 Å². The number of hydrogen-bond donors (Lipinski definition) is 3. The molecule has 1 fully saturated rings. The molecule has 0 spiro atoms. The highest BCUT2D eigenvalue weighted by molar-refractivity contribution is 6.04. The van der Waals surface area contributed by atoms with Crippen LogP contribution in [-0.4, -0.2) is 64.5 Å². The Morgan fingerprint density at radius 3 is 1.79 bits per heavy atom.